The average molecular weight is 451 g/mol. The molecule has 0 atom stereocenters. The zero-order valence-corrected chi connectivity index (χ0v) is 18.6. The zero-order chi connectivity index (χ0) is 23.9. The van der Waals surface area contributed by atoms with Crippen LogP contribution in [0.3, 0.4) is 0 Å². The lowest BCUT2D eigenvalue weighted by Gasteiger charge is -2.26. The minimum absolute atomic E-state index is 0.0962. The van der Waals surface area contributed by atoms with Crippen molar-refractivity contribution in [2.45, 2.75) is 58.5 Å². The van der Waals surface area contributed by atoms with Crippen molar-refractivity contribution in [3.05, 3.63) is 34.4 Å². The molecule has 0 spiro atoms. The summed E-state index contributed by atoms with van der Waals surface area (Å²) in [4.78, 5) is 39.6. The molecule has 32 heavy (non-hydrogen) atoms. The van der Waals surface area contributed by atoms with Gasteiger partial charge in [0.15, 0.2) is 0 Å². The molecule has 8 heteroatoms. The van der Waals surface area contributed by atoms with Gasteiger partial charge in [-0.1, -0.05) is 5.92 Å². The molecule has 0 radical (unpaired) electrons. The number of Topliss-reactive ketones (excluding diaryl/α,β-unsaturated/α-hetero) is 2. The van der Waals surface area contributed by atoms with Gasteiger partial charge >= 0.3 is 6.18 Å². The van der Waals surface area contributed by atoms with Crippen LogP contribution in [0.1, 0.15) is 60.8 Å². The van der Waals surface area contributed by atoms with Gasteiger partial charge in [0, 0.05) is 31.5 Å². The van der Waals surface area contributed by atoms with E-state index in [4.69, 9.17) is 0 Å². The second kappa shape index (κ2) is 11.3. The van der Waals surface area contributed by atoms with Gasteiger partial charge < -0.3 is 9.64 Å². The highest BCUT2D eigenvalue weighted by molar-refractivity contribution is 6.08. The summed E-state index contributed by atoms with van der Waals surface area (Å²) in [7, 11) is 0. The molecule has 174 valence electrons. The van der Waals surface area contributed by atoms with Crippen LogP contribution in [-0.4, -0.2) is 54.9 Å². The summed E-state index contributed by atoms with van der Waals surface area (Å²) in [6, 6.07) is 3.75. The summed E-state index contributed by atoms with van der Waals surface area (Å²) in [6.45, 7) is 3.74. The van der Waals surface area contributed by atoms with Crippen LogP contribution in [0.2, 0.25) is 0 Å². The van der Waals surface area contributed by atoms with Crippen molar-refractivity contribution < 1.29 is 32.3 Å². The number of aryl methyl sites for hydroxylation is 2. The van der Waals surface area contributed by atoms with E-state index >= 15 is 0 Å². The fourth-order valence-corrected chi connectivity index (χ4v) is 4.03. The molecule has 0 unspecified atom stereocenters. The van der Waals surface area contributed by atoms with Gasteiger partial charge in [0.05, 0.1) is 0 Å². The van der Waals surface area contributed by atoms with Gasteiger partial charge in [-0.25, -0.2) is 0 Å². The lowest BCUT2D eigenvalue weighted by atomic mass is 9.81. The highest BCUT2D eigenvalue weighted by atomic mass is 19.4. The highest BCUT2D eigenvalue weighted by Gasteiger charge is 2.32. The maximum Gasteiger partial charge on any atom is 0.411 e. The lowest BCUT2D eigenvalue weighted by molar-refractivity contribution is -0.178. The van der Waals surface area contributed by atoms with E-state index in [9.17, 15) is 27.6 Å². The Kier molecular flexibility index (Phi) is 9.02. The molecule has 1 aromatic carbocycles. The van der Waals surface area contributed by atoms with Crippen LogP contribution in [0.4, 0.5) is 13.2 Å². The third kappa shape index (κ3) is 7.20. The number of alkyl halides is 3. The summed E-state index contributed by atoms with van der Waals surface area (Å²) in [5.41, 5.74) is 3.22. The predicted molar refractivity (Wildman–Crippen MR) is 113 cm³/mol. The van der Waals surface area contributed by atoms with Crippen LogP contribution in [-0.2, 0) is 19.1 Å². The van der Waals surface area contributed by atoms with Gasteiger partial charge in [-0.05, 0) is 62.4 Å². The molecule has 1 saturated heterocycles. The minimum atomic E-state index is -4.50. The van der Waals surface area contributed by atoms with Crippen molar-refractivity contribution in [2.24, 2.45) is 0 Å². The number of halogens is 3. The van der Waals surface area contributed by atoms with Crippen molar-refractivity contribution >= 4 is 17.5 Å². The Hall–Kier alpha value is -2.66. The number of benzene rings is 1. The van der Waals surface area contributed by atoms with E-state index in [1.54, 1.807) is 6.92 Å². The summed E-state index contributed by atoms with van der Waals surface area (Å²) in [5.74, 6) is 3.98. The fourth-order valence-electron chi connectivity index (χ4n) is 4.03. The Labute approximate surface area is 186 Å². The normalized spacial score (nSPS) is 16.5. The third-order valence-electron chi connectivity index (χ3n) is 5.34. The number of carbonyl (C=O) groups excluding carboxylic acids is 3. The molecule has 1 fully saturated rings. The van der Waals surface area contributed by atoms with Crippen LogP contribution >= 0.6 is 0 Å². The molecule has 1 amide bonds. The molecular formula is C24H28F3NO4. The molecule has 0 aliphatic carbocycles. The Morgan fingerprint density at radius 3 is 2.09 bits per heavy atom. The summed E-state index contributed by atoms with van der Waals surface area (Å²) < 4.78 is 41.1. The SMILES string of the molecule is CC#Cc1cc(C)c(C2C(=O)CCCN(C(=O)COCC(F)(F)F)CCCC2=O)c(C)c1. The minimum Gasteiger partial charge on any atom is -0.362 e. The number of hydrogen-bond donors (Lipinski definition) is 0. The average Bonchev–Trinajstić information content (AvgIpc) is 2.68. The predicted octanol–water partition coefficient (Wildman–Crippen LogP) is 3.88. The molecule has 1 heterocycles. The smallest absolute Gasteiger partial charge is 0.362 e. The van der Waals surface area contributed by atoms with Crippen molar-refractivity contribution in [2.75, 3.05) is 26.3 Å². The van der Waals surface area contributed by atoms with Gasteiger partial charge in [-0.15, -0.1) is 5.92 Å². The fraction of sp³-hybridized carbons (Fsp3) is 0.542. The third-order valence-corrected chi connectivity index (χ3v) is 5.34. The van der Waals surface area contributed by atoms with Gasteiger partial charge in [-0.2, -0.15) is 13.2 Å². The van der Waals surface area contributed by atoms with E-state index in [0.29, 0.717) is 12.8 Å². The number of rotatable bonds is 4. The number of hydrogen-bond acceptors (Lipinski definition) is 4. The van der Waals surface area contributed by atoms with Gasteiger partial charge in [0.1, 0.15) is 30.7 Å². The van der Waals surface area contributed by atoms with E-state index in [2.05, 4.69) is 16.6 Å². The number of ether oxygens (including phenoxy) is 1. The lowest BCUT2D eigenvalue weighted by Crippen LogP contribution is -2.38. The molecule has 0 saturated carbocycles. The molecule has 1 aromatic rings. The van der Waals surface area contributed by atoms with E-state index in [1.807, 2.05) is 26.0 Å². The van der Waals surface area contributed by atoms with Crippen molar-refractivity contribution in [1.29, 1.82) is 0 Å². The molecule has 1 aliphatic heterocycles. The Morgan fingerprint density at radius 2 is 1.62 bits per heavy atom. The summed E-state index contributed by atoms with van der Waals surface area (Å²) in [5, 5.41) is 0. The van der Waals surface area contributed by atoms with Crippen molar-refractivity contribution in [3.63, 3.8) is 0 Å². The Bertz CT molecular complexity index is 882. The molecule has 1 aliphatic rings. The maximum absolute atomic E-state index is 13.0. The molecule has 0 N–H and O–H groups in total. The first kappa shape index (κ1) is 25.6. The van der Waals surface area contributed by atoms with E-state index in [-0.39, 0.29) is 37.5 Å². The number of ketones is 2. The topological polar surface area (TPSA) is 63.7 Å². The van der Waals surface area contributed by atoms with Gasteiger partial charge in [0.2, 0.25) is 5.91 Å². The highest BCUT2D eigenvalue weighted by Crippen LogP contribution is 2.30. The zero-order valence-electron chi connectivity index (χ0n) is 18.6. The molecule has 5 nitrogen and oxygen atoms in total. The molecule has 0 bridgehead atoms. The summed E-state index contributed by atoms with van der Waals surface area (Å²) in [6.07, 6.45) is -3.66. The van der Waals surface area contributed by atoms with E-state index in [0.717, 1.165) is 22.3 Å². The first-order valence-electron chi connectivity index (χ1n) is 10.5. The van der Waals surface area contributed by atoms with Gasteiger partial charge in [0.25, 0.3) is 0 Å². The number of carbonyl (C=O) groups is 3. The van der Waals surface area contributed by atoms with E-state index < -0.39 is 31.2 Å². The van der Waals surface area contributed by atoms with Crippen molar-refractivity contribution in [1.82, 2.24) is 4.90 Å². The maximum atomic E-state index is 13.0. The van der Waals surface area contributed by atoms with Crippen LogP contribution in [0.5, 0.6) is 0 Å². The molecule has 2 rings (SSSR count). The second-order valence-electron chi connectivity index (χ2n) is 7.96. The largest absolute Gasteiger partial charge is 0.411 e. The first-order valence-corrected chi connectivity index (χ1v) is 10.5. The van der Waals surface area contributed by atoms with Crippen LogP contribution in [0.15, 0.2) is 12.1 Å². The standard InChI is InChI=1S/C24H28F3NO4/c1-4-7-18-12-16(2)22(17(3)13-18)23-19(29)8-5-10-28(11-6-9-20(23)30)21(31)14-32-15-24(25,26)27/h12-13,23H,5-6,8-11,14-15H2,1-3H3. The van der Waals surface area contributed by atoms with Crippen LogP contribution < -0.4 is 0 Å². The quantitative estimate of drug-likeness (QED) is 0.515. The Balaban J connectivity index is 2.12. The van der Waals surface area contributed by atoms with Crippen LogP contribution in [0, 0.1) is 25.7 Å². The van der Waals surface area contributed by atoms with Crippen LogP contribution in [0.25, 0.3) is 0 Å². The monoisotopic (exact) mass is 451 g/mol. The Morgan fingerprint density at radius 1 is 1.09 bits per heavy atom. The first-order chi connectivity index (χ1) is 15.0. The molecular weight excluding hydrogens is 423 g/mol. The molecule has 0 aromatic heterocycles. The van der Waals surface area contributed by atoms with Crippen molar-refractivity contribution in [3.8, 4) is 11.8 Å². The second-order valence-corrected chi connectivity index (χ2v) is 7.96. The summed E-state index contributed by atoms with van der Waals surface area (Å²) >= 11 is 0. The van der Waals surface area contributed by atoms with Gasteiger partial charge in [-0.3, -0.25) is 14.4 Å². The number of amides is 1. The van der Waals surface area contributed by atoms with E-state index in [1.165, 1.54) is 4.90 Å². The number of nitrogens with zero attached hydrogens (tertiary/aromatic N) is 1.